The summed E-state index contributed by atoms with van der Waals surface area (Å²) in [6.45, 7) is 3.74. The largest absolute Gasteiger partial charge is 0.496 e. The maximum Gasteiger partial charge on any atom is 0.264 e. The van der Waals surface area contributed by atoms with Gasteiger partial charge in [-0.2, -0.15) is 0 Å². The second kappa shape index (κ2) is 7.06. The van der Waals surface area contributed by atoms with E-state index in [4.69, 9.17) is 4.74 Å². The van der Waals surface area contributed by atoms with Crippen molar-refractivity contribution in [3.63, 3.8) is 0 Å². The highest BCUT2D eigenvalue weighted by Gasteiger charge is 2.25. The van der Waals surface area contributed by atoms with Crippen molar-refractivity contribution in [1.29, 1.82) is 0 Å². The van der Waals surface area contributed by atoms with E-state index in [0.717, 1.165) is 22.1 Å². The number of hydrogen-bond acceptors (Lipinski definition) is 5. The third kappa shape index (κ3) is 3.41. The van der Waals surface area contributed by atoms with Crippen molar-refractivity contribution in [3.05, 3.63) is 63.6 Å². The van der Waals surface area contributed by atoms with Gasteiger partial charge in [-0.05, 0) is 19.9 Å². The van der Waals surface area contributed by atoms with Crippen LogP contribution in [0.3, 0.4) is 0 Å². The molecule has 1 aromatic carbocycles. The van der Waals surface area contributed by atoms with Gasteiger partial charge in [0, 0.05) is 25.0 Å². The fraction of sp³-hybridized carbons (Fsp3) is 0.278. The Kier molecular flexibility index (Phi) is 4.85. The molecule has 2 aromatic heterocycles. The average molecular weight is 356 g/mol. The monoisotopic (exact) mass is 356 g/mol. The number of carbonyl (C=O) groups is 1. The lowest BCUT2D eigenvalue weighted by Gasteiger charge is -2.21. The number of thiazole rings is 1. The highest BCUT2D eigenvalue weighted by molar-refractivity contribution is 7.13. The number of nitrogens with zero attached hydrogens (tertiary/aromatic N) is 3. The van der Waals surface area contributed by atoms with Gasteiger partial charge in [0.05, 0.1) is 17.8 Å². The predicted molar refractivity (Wildman–Crippen MR) is 97.1 cm³/mol. The van der Waals surface area contributed by atoms with Crippen molar-refractivity contribution >= 4 is 17.2 Å². The minimum atomic E-state index is -0.426. The maximum absolute atomic E-state index is 12.9. The van der Waals surface area contributed by atoms with E-state index < -0.39 is 6.04 Å². The molecule has 0 aliphatic rings. The van der Waals surface area contributed by atoms with Crippen LogP contribution in [0.15, 0.2) is 36.7 Å². The van der Waals surface area contributed by atoms with Crippen LogP contribution in [0, 0.1) is 13.8 Å². The molecule has 0 saturated heterocycles. The highest BCUT2D eigenvalue weighted by atomic mass is 32.1. The quantitative estimate of drug-likeness (QED) is 0.763. The Morgan fingerprint density at radius 1 is 1.32 bits per heavy atom. The van der Waals surface area contributed by atoms with E-state index in [0.29, 0.717) is 10.6 Å². The van der Waals surface area contributed by atoms with Crippen molar-refractivity contribution in [2.75, 3.05) is 7.11 Å². The lowest BCUT2D eigenvalue weighted by Crippen LogP contribution is -2.31. The Morgan fingerprint density at radius 3 is 2.68 bits per heavy atom. The summed E-state index contributed by atoms with van der Waals surface area (Å²) in [5.74, 6) is 1.27. The SMILES string of the molecule is COc1ccccc1C(NC(=O)c1sc(C)nc1C)c1nccn1C. The van der Waals surface area contributed by atoms with Crippen LogP contribution < -0.4 is 10.1 Å². The normalized spacial score (nSPS) is 12.0. The van der Waals surface area contributed by atoms with Gasteiger partial charge in [-0.3, -0.25) is 4.79 Å². The molecule has 25 heavy (non-hydrogen) atoms. The third-order valence-electron chi connectivity index (χ3n) is 3.95. The topological polar surface area (TPSA) is 69.0 Å². The van der Waals surface area contributed by atoms with E-state index in [1.54, 1.807) is 13.3 Å². The molecule has 0 aliphatic carbocycles. The zero-order chi connectivity index (χ0) is 18.0. The van der Waals surface area contributed by atoms with Crippen LogP contribution in [-0.2, 0) is 7.05 Å². The third-order valence-corrected chi connectivity index (χ3v) is 5.02. The Balaban J connectivity index is 2.02. The minimum absolute atomic E-state index is 0.165. The minimum Gasteiger partial charge on any atom is -0.496 e. The van der Waals surface area contributed by atoms with Crippen molar-refractivity contribution < 1.29 is 9.53 Å². The molecule has 3 aromatic rings. The van der Waals surface area contributed by atoms with E-state index in [9.17, 15) is 4.79 Å². The summed E-state index contributed by atoms with van der Waals surface area (Å²) in [6, 6.07) is 7.20. The Hall–Kier alpha value is -2.67. The van der Waals surface area contributed by atoms with Crippen LogP contribution in [0.2, 0.25) is 0 Å². The summed E-state index contributed by atoms with van der Waals surface area (Å²) < 4.78 is 7.37. The van der Waals surface area contributed by atoms with Gasteiger partial charge in [0.1, 0.15) is 22.5 Å². The average Bonchev–Trinajstić information content (AvgIpc) is 3.17. The first-order valence-corrected chi connectivity index (χ1v) is 8.68. The molecule has 3 rings (SSSR count). The molecule has 1 N–H and O–H groups in total. The van der Waals surface area contributed by atoms with Gasteiger partial charge in [-0.25, -0.2) is 9.97 Å². The van der Waals surface area contributed by atoms with Crippen LogP contribution in [-0.4, -0.2) is 27.6 Å². The molecule has 0 aliphatic heterocycles. The van der Waals surface area contributed by atoms with Gasteiger partial charge < -0.3 is 14.6 Å². The molecule has 1 unspecified atom stereocenters. The van der Waals surface area contributed by atoms with E-state index in [1.165, 1.54) is 11.3 Å². The second-order valence-electron chi connectivity index (χ2n) is 5.69. The molecule has 130 valence electrons. The molecule has 0 bridgehead atoms. The smallest absolute Gasteiger partial charge is 0.264 e. The zero-order valence-electron chi connectivity index (χ0n) is 14.6. The number of amides is 1. The highest BCUT2D eigenvalue weighted by Crippen LogP contribution is 2.30. The number of aryl methyl sites for hydroxylation is 3. The van der Waals surface area contributed by atoms with Gasteiger partial charge in [-0.15, -0.1) is 11.3 Å². The van der Waals surface area contributed by atoms with Gasteiger partial charge in [0.25, 0.3) is 5.91 Å². The zero-order valence-corrected chi connectivity index (χ0v) is 15.4. The van der Waals surface area contributed by atoms with Crippen LogP contribution >= 0.6 is 11.3 Å². The molecule has 1 amide bonds. The molecule has 1 atom stereocenters. The standard InChI is InChI=1S/C18H20N4O2S/c1-11-16(25-12(2)20-11)18(23)21-15(17-19-9-10-22(17)3)13-7-5-6-8-14(13)24-4/h5-10,15H,1-4H3,(H,21,23). The summed E-state index contributed by atoms with van der Waals surface area (Å²) in [4.78, 5) is 22.2. The molecule has 0 fully saturated rings. The number of methoxy groups -OCH3 is 1. The molecular weight excluding hydrogens is 336 g/mol. The Bertz CT molecular complexity index is 900. The van der Waals surface area contributed by atoms with Gasteiger partial charge in [0.2, 0.25) is 0 Å². The number of benzene rings is 1. The van der Waals surface area contributed by atoms with Crippen LogP contribution in [0.4, 0.5) is 0 Å². The number of carbonyl (C=O) groups excluding carboxylic acids is 1. The number of aromatic nitrogens is 3. The number of hydrogen-bond donors (Lipinski definition) is 1. The molecule has 0 spiro atoms. The lowest BCUT2D eigenvalue weighted by atomic mass is 10.0. The predicted octanol–water partition coefficient (Wildman–Crippen LogP) is 3.02. The van der Waals surface area contributed by atoms with Crippen LogP contribution in [0.25, 0.3) is 0 Å². The second-order valence-corrected chi connectivity index (χ2v) is 6.90. The van der Waals surface area contributed by atoms with Gasteiger partial charge in [-0.1, -0.05) is 18.2 Å². The Morgan fingerprint density at radius 2 is 2.08 bits per heavy atom. The fourth-order valence-corrected chi connectivity index (χ4v) is 3.60. The van der Waals surface area contributed by atoms with Crippen molar-refractivity contribution in [2.45, 2.75) is 19.9 Å². The van der Waals surface area contributed by atoms with E-state index in [-0.39, 0.29) is 5.91 Å². The molecule has 0 radical (unpaired) electrons. The summed E-state index contributed by atoms with van der Waals surface area (Å²) in [6.07, 6.45) is 3.57. The number of ether oxygens (including phenoxy) is 1. The molecule has 6 nitrogen and oxygen atoms in total. The maximum atomic E-state index is 12.9. The first-order valence-electron chi connectivity index (χ1n) is 7.86. The van der Waals surface area contributed by atoms with Crippen molar-refractivity contribution in [3.8, 4) is 5.75 Å². The van der Waals surface area contributed by atoms with E-state index in [1.807, 2.05) is 55.9 Å². The van der Waals surface area contributed by atoms with Crippen molar-refractivity contribution in [2.24, 2.45) is 7.05 Å². The fourth-order valence-electron chi connectivity index (χ4n) is 2.78. The number of nitrogens with one attached hydrogen (secondary N) is 1. The van der Waals surface area contributed by atoms with E-state index in [2.05, 4.69) is 15.3 Å². The number of para-hydroxylation sites is 1. The summed E-state index contributed by atoms with van der Waals surface area (Å²) >= 11 is 1.39. The number of imidazole rings is 1. The summed E-state index contributed by atoms with van der Waals surface area (Å²) in [7, 11) is 3.52. The summed E-state index contributed by atoms with van der Waals surface area (Å²) in [5.41, 5.74) is 1.59. The van der Waals surface area contributed by atoms with Crippen molar-refractivity contribution in [1.82, 2.24) is 19.9 Å². The molecular formula is C18H20N4O2S. The van der Waals surface area contributed by atoms with E-state index >= 15 is 0 Å². The van der Waals surface area contributed by atoms with Gasteiger partial charge >= 0.3 is 0 Å². The lowest BCUT2D eigenvalue weighted by molar-refractivity contribution is 0.0944. The number of rotatable bonds is 5. The molecule has 2 heterocycles. The Labute approximate surface area is 150 Å². The summed E-state index contributed by atoms with van der Waals surface area (Å²) in [5, 5.41) is 3.96. The first kappa shape index (κ1) is 17.2. The first-order chi connectivity index (χ1) is 12.0. The molecule has 7 heteroatoms. The van der Waals surface area contributed by atoms with Crippen LogP contribution in [0.5, 0.6) is 5.75 Å². The molecule has 0 saturated carbocycles. The van der Waals surface area contributed by atoms with Crippen LogP contribution in [0.1, 0.15) is 37.8 Å². The van der Waals surface area contributed by atoms with Gasteiger partial charge in [0.15, 0.2) is 0 Å².